The molecule has 5 nitrogen and oxygen atoms in total. The van der Waals surface area contributed by atoms with Crippen LogP contribution in [0.1, 0.15) is 23.3 Å². The van der Waals surface area contributed by atoms with E-state index in [0.29, 0.717) is 5.28 Å². The first-order valence-corrected chi connectivity index (χ1v) is 8.88. The van der Waals surface area contributed by atoms with E-state index in [1.807, 2.05) is 0 Å². The van der Waals surface area contributed by atoms with Crippen LogP contribution in [0.15, 0.2) is 0 Å². The lowest BCUT2D eigenvalue weighted by molar-refractivity contribution is -0.118. The first-order chi connectivity index (χ1) is 10.8. The molecule has 0 radical (unpaired) electrons. The van der Waals surface area contributed by atoms with Crippen LogP contribution in [0.4, 0.5) is 5.82 Å². The molecule has 0 spiro atoms. The van der Waals surface area contributed by atoms with Crippen molar-refractivity contribution in [3.05, 3.63) is 15.7 Å². The Labute approximate surface area is 137 Å². The van der Waals surface area contributed by atoms with Gasteiger partial charge in [0.2, 0.25) is 11.7 Å². The van der Waals surface area contributed by atoms with E-state index in [4.69, 9.17) is 11.6 Å². The summed E-state index contributed by atoms with van der Waals surface area (Å²) in [7, 11) is 0. The zero-order chi connectivity index (χ0) is 15.1. The molecule has 0 aromatic carbocycles. The van der Waals surface area contributed by atoms with Gasteiger partial charge in [-0.1, -0.05) is 0 Å². The number of hydrogen-bond acceptors (Lipinski definition) is 5. The molecule has 1 aliphatic heterocycles. The third-order valence-corrected chi connectivity index (χ3v) is 5.89. The Hall–Kier alpha value is -1.40. The van der Waals surface area contributed by atoms with E-state index >= 15 is 0 Å². The van der Waals surface area contributed by atoms with Gasteiger partial charge >= 0.3 is 0 Å². The minimum absolute atomic E-state index is 0.318. The van der Waals surface area contributed by atoms with Crippen LogP contribution in [0.3, 0.4) is 0 Å². The quantitative estimate of drug-likeness (QED) is 0.624. The lowest BCUT2D eigenvalue weighted by Gasteiger charge is -2.33. The molecule has 0 bridgehead atoms. The second-order valence-electron chi connectivity index (χ2n) is 5.84. The van der Waals surface area contributed by atoms with E-state index in [0.717, 1.165) is 56.1 Å². The van der Waals surface area contributed by atoms with E-state index < -0.39 is 0 Å². The number of fused-ring (bicyclic) bond motifs is 3. The van der Waals surface area contributed by atoms with E-state index in [1.54, 1.807) is 16.2 Å². The Morgan fingerprint density at radius 2 is 1.86 bits per heavy atom. The van der Waals surface area contributed by atoms with Crippen molar-refractivity contribution < 1.29 is 4.79 Å². The molecule has 2 aromatic rings. The molecule has 1 amide bonds. The molecule has 0 N–H and O–H groups in total. The number of amides is 1. The topological polar surface area (TPSA) is 49.3 Å². The maximum atomic E-state index is 10.9. The number of aryl methyl sites for hydroxylation is 2. The molecular formula is C15H17ClN4OS. The van der Waals surface area contributed by atoms with Crippen LogP contribution in [-0.2, 0) is 17.6 Å². The van der Waals surface area contributed by atoms with Gasteiger partial charge < -0.3 is 9.80 Å². The molecule has 4 rings (SSSR count). The predicted molar refractivity (Wildman–Crippen MR) is 88.9 cm³/mol. The van der Waals surface area contributed by atoms with Gasteiger partial charge in [-0.05, 0) is 42.8 Å². The summed E-state index contributed by atoms with van der Waals surface area (Å²) in [5.74, 6) is 0.958. The zero-order valence-electron chi connectivity index (χ0n) is 12.2. The molecule has 116 valence electrons. The molecular weight excluding hydrogens is 320 g/mol. The number of halogens is 1. The standard InChI is InChI=1S/C15H17ClN4OS/c16-15-17-13(20-7-5-19(9-21)6-8-20)12-10-3-1-2-4-11(10)22-14(12)18-15/h9H,1-8H2. The van der Waals surface area contributed by atoms with Gasteiger partial charge in [0.05, 0.1) is 5.39 Å². The first-order valence-electron chi connectivity index (χ1n) is 7.68. The van der Waals surface area contributed by atoms with Gasteiger partial charge in [-0.15, -0.1) is 11.3 Å². The van der Waals surface area contributed by atoms with Crippen LogP contribution in [0.5, 0.6) is 0 Å². The number of nitrogens with zero attached hydrogens (tertiary/aromatic N) is 4. The number of piperazine rings is 1. The Kier molecular flexibility index (Phi) is 3.66. The largest absolute Gasteiger partial charge is 0.352 e. The SMILES string of the molecule is O=CN1CCN(c2nc(Cl)nc3sc4c(c23)CCCC4)CC1. The van der Waals surface area contributed by atoms with E-state index in [9.17, 15) is 4.79 Å². The van der Waals surface area contributed by atoms with Crippen molar-refractivity contribution in [1.82, 2.24) is 14.9 Å². The van der Waals surface area contributed by atoms with Crippen LogP contribution >= 0.6 is 22.9 Å². The van der Waals surface area contributed by atoms with Gasteiger partial charge in [0.1, 0.15) is 10.6 Å². The van der Waals surface area contributed by atoms with Crippen molar-refractivity contribution in [2.75, 3.05) is 31.1 Å². The van der Waals surface area contributed by atoms with Gasteiger partial charge in [-0.2, -0.15) is 4.98 Å². The van der Waals surface area contributed by atoms with Crippen molar-refractivity contribution in [2.45, 2.75) is 25.7 Å². The second-order valence-corrected chi connectivity index (χ2v) is 7.26. The van der Waals surface area contributed by atoms with Gasteiger partial charge in [-0.25, -0.2) is 4.98 Å². The number of thiophene rings is 1. The summed E-state index contributed by atoms with van der Waals surface area (Å²) in [5, 5.41) is 1.52. The average molecular weight is 337 g/mol. The van der Waals surface area contributed by atoms with Crippen molar-refractivity contribution in [3.8, 4) is 0 Å². The molecule has 3 heterocycles. The maximum absolute atomic E-state index is 10.9. The van der Waals surface area contributed by atoms with Crippen molar-refractivity contribution >= 4 is 45.4 Å². The molecule has 0 saturated carbocycles. The number of anilines is 1. The lowest BCUT2D eigenvalue weighted by atomic mass is 9.97. The van der Waals surface area contributed by atoms with Crippen LogP contribution in [-0.4, -0.2) is 47.5 Å². The third kappa shape index (κ3) is 2.34. The number of rotatable bonds is 2. The van der Waals surface area contributed by atoms with Crippen LogP contribution < -0.4 is 4.90 Å². The normalized spacial score (nSPS) is 18.6. The summed E-state index contributed by atoms with van der Waals surface area (Å²) < 4.78 is 0. The monoisotopic (exact) mass is 336 g/mol. The van der Waals surface area contributed by atoms with E-state index in [-0.39, 0.29) is 0 Å². The number of hydrogen-bond donors (Lipinski definition) is 0. The number of carbonyl (C=O) groups excluding carboxylic acids is 1. The van der Waals surface area contributed by atoms with Crippen LogP contribution in [0.2, 0.25) is 5.28 Å². The second kappa shape index (κ2) is 5.66. The first kappa shape index (κ1) is 14.2. The number of aromatic nitrogens is 2. The fraction of sp³-hybridized carbons (Fsp3) is 0.533. The molecule has 2 aliphatic rings. The average Bonchev–Trinajstić information content (AvgIpc) is 2.92. The molecule has 2 aromatic heterocycles. The predicted octanol–water partition coefficient (Wildman–Crippen LogP) is 2.50. The summed E-state index contributed by atoms with van der Waals surface area (Å²) in [6.45, 7) is 3.06. The fourth-order valence-electron chi connectivity index (χ4n) is 3.38. The van der Waals surface area contributed by atoms with Gasteiger partial charge in [-0.3, -0.25) is 4.79 Å². The summed E-state index contributed by atoms with van der Waals surface area (Å²) in [6.07, 6.45) is 5.68. The van der Waals surface area contributed by atoms with Crippen LogP contribution in [0.25, 0.3) is 10.2 Å². The maximum Gasteiger partial charge on any atom is 0.225 e. The van der Waals surface area contributed by atoms with E-state index in [1.165, 1.54) is 28.7 Å². The summed E-state index contributed by atoms with van der Waals surface area (Å²) in [5.41, 5.74) is 1.43. The Bertz CT molecular complexity index is 724. The highest BCUT2D eigenvalue weighted by atomic mass is 35.5. The highest BCUT2D eigenvalue weighted by Crippen LogP contribution is 2.40. The van der Waals surface area contributed by atoms with E-state index in [2.05, 4.69) is 14.9 Å². The Morgan fingerprint density at radius 3 is 2.64 bits per heavy atom. The molecule has 1 fully saturated rings. The molecule has 1 aliphatic carbocycles. The third-order valence-electron chi connectivity index (χ3n) is 4.53. The molecule has 0 atom stereocenters. The van der Waals surface area contributed by atoms with Gasteiger partial charge in [0.15, 0.2) is 0 Å². The number of carbonyl (C=O) groups is 1. The van der Waals surface area contributed by atoms with Crippen molar-refractivity contribution in [2.24, 2.45) is 0 Å². The Morgan fingerprint density at radius 1 is 1.09 bits per heavy atom. The smallest absolute Gasteiger partial charge is 0.225 e. The summed E-state index contributed by atoms with van der Waals surface area (Å²) in [4.78, 5) is 26.4. The minimum atomic E-state index is 0.318. The highest BCUT2D eigenvalue weighted by Gasteiger charge is 2.25. The molecule has 1 saturated heterocycles. The zero-order valence-corrected chi connectivity index (χ0v) is 13.8. The van der Waals surface area contributed by atoms with Crippen molar-refractivity contribution in [1.29, 1.82) is 0 Å². The van der Waals surface area contributed by atoms with Gasteiger partial charge in [0, 0.05) is 31.1 Å². The summed E-state index contributed by atoms with van der Waals surface area (Å²) in [6, 6.07) is 0. The summed E-state index contributed by atoms with van der Waals surface area (Å²) >= 11 is 7.92. The molecule has 7 heteroatoms. The fourth-order valence-corrected chi connectivity index (χ4v) is 4.85. The lowest BCUT2D eigenvalue weighted by Crippen LogP contribution is -2.46. The highest BCUT2D eigenvalue weighted by molar-refractivity contribution is 7.19. The van der Waals surface area contributed by atoms with Crippen LogP contribution in [0, 0.1) is 0 Å². The molecule has 0 unspecified atom stereocenters. The van der Waals surface area contributed by atoms with Crippen molar-refractivity contribution in [3.63, 3.8) is 0 Å². The Balaban J connectivity index is 1.79. The molecule has 22 heavy (non-hydrogen) atoms. The minimum Gasteiger partial charge on any atom is -0.352 e. The van der Waals surface area contributed by atoms with Gasteiger partial charge in [0.25, 0.3) is 0 Å².